The molecule has 0 saturated carbocycles. The lowest BCUT2D eigenvalue weighted by Gasteiger charge is -2.26. The van der Waals surface area contributed by atoms with Crippen LogP contribution in [0.1, 0.15) is 112 Å². The van der Waals surface area contributed by atoms with Gasteiger partial charge in [-0.15, -0.1) is 30.6 Å². The number of nitrogens with zero attached hydrogens (tertiary/aromatic N) is 7. The van der Waals surface area contributed by atoms with Crippen LogP contribution in [0.5, 0.6) is 0 Å². The molecule has 12 aromatic carbocycles. The highest BCUT2D eigenvalue weighted by molar-refractivity contribution is 5.83. The smallest absolute Gasteiger partial charge is 0.248 e. The number of aromatic nitrogens is 6. The molecule has 0 atom stereocenters. The van der Waals surface area contributed by atoms with Crippen LogP contribution >= 0.6 is 0 Å². The molecule has 15 aromatic rings. The van der Waals surface area contributed by atoms with Crippen molar-refractivity contribution in [2.45, 2.75) is 78.6 Å². The van der Waals surface area contributed by atoms with E-state index in [1.54, 1.807) is 0 Å². The van der Waals surface area contributed by atoms with E-state index in [1.165, 1.54) is 16.7 Å². The second kappa shape index (κ2) is 29.4. The Morgan fingerprint density at radius 2 is 0.330 bits per heavy atom. The van der Waals surface area contributed by atoms with Crippen molar-refractivity contribution >= 4 is 53.5 Å². The fraction of sp³-hybridized carbons (Fsp3) is 0.125. The van der Waals surface area contributed by atoms with Crippen molar-refractivity contribution in [3.63, 3.8) is 0 Å². The molecule has 0 fully saturated rings. The molecule has 0 aliphatic heterocycles. The van der Waals surface area contributed by atoms with E-state index in [1.807, 2.05) is 72.8 Å². The number of hydrogen-bond donors (Lipinski definition) is 0. The zero-order valence-corrected chi connectivity index (χ0v) is 61.0. The summed E-state index contributed by atoms with van der Waals surface area (Å²) in [6.07, 6.45) is 12.8. The third kappa shape index (κ3) is 16.0. The maximum Gasteiger partial charge on any atom is 0.248 e. The van der Waals surface area contributed by atoms with E-state index in [0.717, 1.165) is 117 Å². The van der Waals surface area contributed by atoms with Gasteiger partial charge in [0.05, 0.1) is 0 Å². The van der Waals surface area contributed by atoms with Crippen LogP contribution in [0, 0.1) is 0 Å². The van der Waals surface area contributed by atoms with Crippen molar-refractivity contribution in [3.8, 4) is 102 Å². The van der Waals surface area contributed by atoms with E-state index >= 15 is 0 Å². The molecular formula is C96H81N7O3. The molecule has 0 aliphatic carbocycles. The van der Waals surface area contributed by atoms with Gasteiger partial charge in [-0.1, -0.05) is 281 Å². The summed E-state index contributed by atoms with van der Waals surface area (Å²) in [6.45, 7) is 19.8. The monoisotopic (exact) mass is 1380 g/mol. The summed E-state index contributed by atoms with van der Waals surface area (Å²) >= 11 is 0. The van der Waals surface area contributed by atoms with Crippen molar-refractivity contribution in [3.05, 3.63) is 341 Å². The Bertz CT molecular complexity index is 5010. The normalized spacial score (nSPS) is 12.1. The van der Waals surface area contributed by atoms with Crippen molar-refractivity contribution in [2.24, 2.45) is 0 Å². The van der Waals surface area contributed by atoms with E-state index in [0.29, 0.717) is 35.3 Å². The van der Waals surface area contributed by atoms with Gasteiger partial charge in [0.25, 0.3) is 0 Å². The Hall–Kier alpha value is -12.9. The summed E-state index contributed by atoms with van der Waals surface area (Å²) in [5.74, 6) is 2.99. The highest BCUT2D eigenvalue weighted by Crippen LogP contribution is 2.40. The van der Waals surface area contributed by atoms with Crippen LogP contribution < -0.4 is 4.90 Å². The van der Waals surface area contributed by atoms with Crippen LogP contribution in [0.3, 0.4) is 0 Å². The number of benzene rings is 12. The Kier molecular flexibility index (Phi) is 19.1. The zero-order chi connectivity index (χ0) is 72.9. The molecule has 10 heteroatoms. The molecule has 10 nitrogen and oxygen atoms in total. The zero-order valence-electron chi connectivity index (χ0n) is 61.0. The fourth-order valence-corrected chi connectivity index (χ4v) is 12.7. The van der Waals surface area contributed by atoms with Crippen LogP contribution in [0.15, 0.2) is 304 Å². The van der Waals surface area contributed by atoms with Gasteiger partial charge in [-0.3, -0.25) is 0 Å². The summed E-state index contributed by atoms with van der Waals surface area (Å²) in [7, 11) is 0. The van der Waals surface area contributed by atoms with Gasteiger partial charge in [-0.25, -0.2) is 0 Å². The third-order valence-corrected chi connectivity index (χ3v) is 19.3. The van der Waals surface area contributed by atoms with Crippen molar-refractivity contribution < 1.29 is 13.3 Å². The first kappa shape index (κ1) is 68.8. The van der Waals surface area contributed by atoms with E-state index in [9.17, 15) is 0 Å². The predicted octanol–water partition coefficient (Wildman–Crippen LogP) is 25.7. The molecule has 3 heterocycles. The predicted molar refractivity (Wildman–Crippen MR) is 436 cm³/mol. The maximum absolute atomic E-state index is 6.11. The van der Waals surface area contributed by atoms with E-state index in [-0.39, 0.29) is 16.2 Å². The largest absolute Gasteiger partial charge is 0.416 e. The molecule has 0 saturated heterocycles. The third-order valence-electron chi connectivity index (χ3n) is 19.3. The molecule has 0 spiro atoms. The first-order chi connectivity index (χ1) is 51.3. The average molecular weight is 1380 g/mol. The number of rotatable bonds is 18. The second-order valence-corrected chi connectivity index (χ2v) is 29.9. The Labute approximate surface area is 620 Å². The van der Waals surface area contributed by atoms with Gasteiger partial charge in [-0.2, -0.15) is 0 Å². The highest BCUT2D eigenvalue weighted by atomic mass is 16.4. The lowest BCUT2D eigenvalue weighted by Crippen LogP contribution is -2.10. The minimum Gasteiger partial charge on any atom is -0.416 e. The number of hydrogen-bond acceptors (Lipinski definition) is 10. The van der Waals surface area contributed by atoms with Crippen LogP contribution in [-0.4, -0.2) is 30.6 Å². The molecular weight excluding hydrogens is 1300 g/mol. The van der Waals surface area contributed by atoms with Gasteiger partial charge < -0.3 is 18.2 Å². The topological polar surface area (TPSA) is 120 Å². The molecule has 106 heavy (non-hydrogen) atoms. The molecule has 0 N–H and O–H groups in total. The summed E-state index contributed by atoms with van der Waals surface area (Å²) in [6, 6.07) is 102. The molecule has 0 aliphatic rings. The Balaban J connectivity index is 0.620. The van der Waals surface area contributed by atoms with Gasteiger partial charge in [0.15, 0.2) is 0 Å². The van der Waals surface area contributed by atoms with Gasteiger partial charge in [0.1, 0.15) is 0 Å². The van der Waals surface area contributed by atoms with E-state index < -0.39 is 0 Å². The lowest BCUT2D eigenvalue weighted by molar-refractivity contribution is 0.582. The summed E-state index contributed by atoms with van der Waals surface area (Å²) in [5, 5.41) is 26.1. The van der Waals surface area contributed by atoms with Crippen LogP contribution in [0.4, 0.5) is 17.1 Å². The van der Waals surface area contributed by atoms with E-state index in [4.69, 9.17) is 13.3 Å². The Morgan fingerprint density at radius 3 is 0.491 bits per heavy atom. The summed E-state index contributed by atoms with van der Waals surface area (Å²) in [5.41, 5.74) is 25.7. The van der Waals surface area contributed by atoms with Crippen LogP contribution in [-0.2, 0) is 16.2 Å². The van der Waals surface area contributed by atoms with Crippen molar-refractivity contribution in [2.75, 3.05) is 4.90 Å². The summed E-state index contributed by atoms with van der Waals surface area (Å²) in [4.78, 5) is 2.32. The van der Waals surface area contributed by atoms with Gasteiger partial charge >= 0.3 is 0 Å². The van der Waals surface area contributed by atoms with Crippen LogP contribution in [0.2, 0.25) is 0 Å². The number of anilines is 3. The first-order valence-electron chi connectivity index (χ1n) is 35.9. The molecule has 3 aromatic heterocycles. The van der Waals surface area contributed by atoms with Gasteiger partial charge in [0.2, 0.25) is 35.3 Å². The molecule has 0 unspecified atom stereocenters. The molecule has 15 rings (SSSR count). The first-order valence-corrected chi connectivity index (χ1v) is 35.9. The molecule has 0 bridgehead atoms. The van der Waals surface area contributed by atoms with Crippen molar-refractivity contribution in [1.82, 2.24) is 30.6 Å². The second-order valence-electron chi connectivity index (χ2n) is 29.9. The fourth-order valence-electron chi connectivity index (χ4n) is 12.7. The summed E-state index contributed by atoms with van der Waals surface area (Å²) < 4.78 is 18.3. The van der Waals surface area contributed by atoms with Crippen LogP contribution in [0.25, 0.3) is 139 Å². The maximum atomic E-state index is 6.11. The lowest BCUT2D eigenvalue weighted by atomic mass is 9.87. The minimum absolute atomic E-state index is 0.0662. The standard InChI is InChI=1S/C96H81N7O3/c1-94(2,3)82-52-40-79(41-53-82)91-100-97-88(104-91)76-34-22-67(23-35-76)13-10-64-16-28-70(29-17-64)73-46-58-85(59-47-73)103(86-60-48-74(49-61-86)71-30-18-65(19-31-71)11-14-68-24-36-77(37-25-68)89-98-101-92(105-89)80-42-54-83(55-43-80)95(4,5)6)87-62-50-75(51-63-87)72-32-20-66(21-33-72)12-15-69-26-38-78(39-27-69)90-99-102-93(106-90)81-44-56-84(57-45-81)96(7,8)9/h10-63H,1-9H3/b13-10+,14-11+,15-12+. The SMILES string of the molecule is CC(C)(C)c1ccc(-c2nnc(-c3ccc(/C=C/c4ccc(-c5ccc(N(c6ccc(-c7ccc(/C=C/c8ccc(-c9nnc(-c%10ccc(C(C)(C)C)cc%10)o9)cc8)cc7)cc6)c6ccc(-c7ccc(/C=C/c8ccc(-c9nnc(-c%10ccc(C(C)(C)C)cc%10)o9)cc8)cc7)cc6)cc5)cc4)cc3)o2)cc1. The average Bonchev–Trinajstić information content (AvgIpc) is 0.976. The van der Waals surface area contributed by atoms with E-state index in [2.05, 4.69) is 353 Å². The van der Waals surface area contributed by atoms with Gasteiger partial charge in [0, 0.05) is 50.4 Å². The van der Waals surface area contributed by atoms with Gasteiger partial charge in [-0.05, 0) is 209 Å². The molecule has 518 valence electrons. The minimum atomic E-state index is 0.0662. The quantitative estimate of drug-likeness (QED) is 0.0768. The highest BCUT2D eigenvalue weighted by Gasteiger charge is 2.21. The molecule has 0 amide bonds. The van der Waals surface area contributed by atoms with Crippen molar-refractivity contribution in [1.29, 1.82) is 0 Å². The molecule has 0 radical (unpaired) electrons. The Morgan fingerprint density at radius 1 is 0.189 bits per heavy atom.